The van der Waals surface area contributed by atoms with E-state index in [9.17, 15) is 4.39 Å². The molecule has 0 atom stereocenters. The molecule has 0 spiro atoms. The molecule has 0 saturated carbocycles. The van der Waals surface area contributed by atoms with Crippen LogP contribution < -0.4 is 4.90 Å². The minimum atomic E-state index is -0.194. The Balaban J connectivity index is 2.11. The molecular formula is C14H11ClFN. The van der Waals surface area contributed by atoms with Gasteiger partial charge in [0.15, 0.2) is 0 Å². The molecule has 1 aliphatic heterocycles. The van der Waals surface area contributed by atoms with E-state index in [2.05, 4.69) is 0 Å². The van der Waals surface area contributed by atoms with E-state index >= 15 is 0 Å². The highest BCUT2D eigenvalue weighted by Crippen LogP contribution is 2.38. The van der Waals surface area contributed by atoms with E-state index < -0.39 is 0 Å². The number of nitrogens with zero attached hydrogens (tertiary/aromatic N) is 1. The summed E-state index contributed by atoms with van der Waals surface area (Å²) in [6.45, 7) is 0.778. The third kappa shape index (κ3) is 1.69. The van der Waals surface area contributed by atoms with E-state index in [4.69, 9.17) is 11.6 Å². The summed E-state index contributed by atoms with van der Waals surface area (Å²) in [5.74, 6) is -0.194. The van der Waals surface area contributed by atoms with Gasteiger partial charge in [-0.3, -0.25) is 0 Å². The Bertz CT molecular complexity index is 568. The predicted octanol–water partition coefficient (Wildman–Crippen LogP) is 4.17. The zero-order valence-electron chi connectivity index (χ0n) is 9.16. The molecule has 0 bridgehead atoms. The second-order valence-electron chi connectivity index (χ2n) is 4.09. The Labute approximate surface area is 104 Å². The minimum absolute atomic E-state index is 0.194. The zero-order valence-corrected chi connectivity index (χ0v) is 9.91. The third-order valence-electron chi connectivity index (χ3n) is 3.11. The van der Waals surface area contributed by atoms with E-state index in [1.165, 1.54) is 6.07 Å². The Morgan fingerprint density at radius 3 is 2.59 bits per heavy atom. The van der Waals surface area contributed by atoms with Crippen molar-refractivity contribution in [3.63, 3.8) is 0 Å². The highest BCUT2D eigenvalue weighted by molar-refractivity contribution is 6.31. The summed E-state index contributed by atoms with van der Waals surface area (Å²) in [6.07, 6.45) is 0.864. The fourth-order valence-electron chi connectivity index (χ4n) is 2.31. The van der Waals surface area contributed by atoms with Crippen molar-refractivity contribution in [3.05, 3.63) is 58.9 Å². The van der Waals surface area contributed by atoms with E-state index in [1.54, 1.807) is 12.1 Å². The quantitative estimate of drug-likeness (QED) is 0.731. The molecule has 0 saturated heterocycles. The van der Waals surface area contributed by atoms with Gasteiger partial charge in [-0.15, -0.1) is 0 Å². The number of hydrogen-bond acceptors (Lipinski definition) is 1. The van der Waals surface area contributed by atoms with Crippen LogP contribution in [0.5, 0.6) is 0 Å². The first-order chi connectivity index (χ1) is 8.27. The molecule has 1 aliphatic rings. The molecular weight excluding hydrogens is 237 g/mol. The van der Waals surface area contributed by atoms with E-state index in [0.717, 1.165) is 29.2 Å². The van der Waals surface area contributed by atoms with Gasteiger partial charge in [0.25, 0.3) is 0 Å². The molecule has 0 radical (unpaired) electrons. The van der Waals surface area contributed by atoms with Crippen molar-refractivity contribution in [2.75, 3.05) is 11.4 Å². The molecule has 2 aromatic rings. The smallest absolute Gasteiger partial charge is 0.146 e. The van der Waals surface area contributed by atoms with Gasteiger partial charge in [0, 0.05) is 17.3 Å². The zero-order chi connectivity index (χ0) is 11.8. The summed E-state index contributed by atoms with van der Waals surface area (Å²) in [7, 11) is 0. The van der Waals surface area contributed by atoms with Crippen LogP contribution in [0.15, 0.2) is 42.5 Å². The Morgan fingerprint density at radius 2 is 1.76 bits per heavy atom. The second-order valence-corrected chi connectivity index (χ2v) is 4.50. The molecule has 17 heavy (non-hydrogen) atoms. The van der Waals surface area contributed by atoms with Crippen LogP contribution in [0.2, 0.25) is 5.02 Å². The molecule has 2 aromatic carbocycles. The number of halogens is 2. The SMILES string of the molecule is Fc1ccccc1N1CCc2c(Cl)cccc21. The Kier molecular flexibility index (Phi) is 2.52. The number of benzene rings is 2. The average Bonchev–Trinajstić information content (AvgIpc) is 2.75. The number of rotatable bonds is 1. The van der Waals surface area contributed by atoms with Gasteiger partial charge in [-0.25, -0.2) is 4.39 Å². The van der Waals surface area contributed by atoms with Crippen LogP contribution in [0.1, 0.15) is 5.56 Å². The maximum atomic E-state index is 13.8. The first kappa shape index (κ1) is 10.6. The number of fused-ring (bicyclic) bond motifs is 1. The molecule has 86 valence electrons. The normalized spacial score (nSPS) is 13.9. The van der Waals surface area contributed by atoms with Crippen molar-refractivity contribution in [2.24, 2.45) is 0 Å². The first-order valence-corrected chi connectivity index (χ1v) is 5.94. The predicted molar refractivity (Wildman–Crippen MR) is 68.6 cm³/mol. The molecule has 0 unspecified atom stereocenters. The maximum Gasteiger partial charge on any atom is 0.146 e. The second kappa shape index (κ2) is 4.04. The van der Waals surface area contributed by atoms with Gasteiger partial charge in [-0.2, -0.15) is 0 Å². The lowest BCUT2D eigenvalue weighted by molar-refractivity contribution is 0.626. The standard InChI is InChI=1S/C14H11ClFN/c15-11-4-3-7-13-10(11)8-9-17(13)14-6-2-1-5-12(14)16/h1-7H,8-9H2. The molecule has 0 amide bonds. The number of para-hydroxylation sites is 1. The summed E-state index contributed by atoms with van der Waals surface area (Å²) < 4.78 is 13.8. The molecule has 0 aromatic heterocycles. The fraction of sp³-hybridized carbons (Fsp3) is 0.143. The monoisotopic (exact) mass is 247 g/mol. The molecule has 3 rings (SSSR count). The van der Waals surface area contributed by atoms with Gasteiger partial charge >= 0.3 is 0 Å². The molecule has 0 N–H and O–H groups in total. The van der Waals surface area contributed by atoms with Gasteiger partial charge in [0.2, 0.25) is 0 Å². The fourth-order valence-corrected chi connectivity index (χ4v) is 2.58. The molecule has 3 heteroatoms. The van der Waals surface area contributed by atoms with Crippen LogP contribution in [-0.2, 0) is 6.42 Å². The molecule has 0 fully saturated rings. The largest absolute Gasteiger partial charge is 0.338 e. The highest BCUT2D eigenvalue weighted by atomic mass is 35.5. The lowest BCUT2D eigenvalue weighted by atomic mass is 10.1. The maximum absolute atomic E-state index is 13.8. The van der Waals surface area contributed by atoms with Crippen molar-refractivity contribution in [1.82, 2.24) is 0 Å². The van der Waals surface area contributed by atoms with Crippen LogP contribution in [0.25, 0.3) is 0 Å². The van der Waals surface area contributed by atoms with Crippen molar-refractivity contribution >= 4 is 23.0 Å². The number of hydrogen-bond donors (Lipinski definition) is 0. The van der Waals surface area contributed by atoms with Crippen LogP contribution in [0.4, 0.5) is 15.8 Å². The van der Waals surface area contributed by atoms with Crippen LogP contribution in [0.3, 0.4) is 0 Å². The Hall–Kier alpha value is -1.54. The summed E-state index contributed by atoms with van der Waals surface area (Å²) in [6, 6.07) is 12.6. The van der Waals surface area contributed by atoms with Crippen molar-refractivity contribution in [1.29, 1.82) is 0 Å². The van der Waals surface area contributed by atoms with E-state index in [0.29, 0.717) is 5.69 Å². The average molecular weight is 248 g/mol. The summed E-state index contributed by atoms with van der Waals surface area (Å²) in [4.78, 5) is 1.98. The lowest BCUT2D eigenvalue weighted by Crippen LogP contribution is -2.14. The van der Waals surface area contributed by atoms with Crippen molar-refractivity contribution < 1.29 is 4.39 Å². The molecule has 1 nitrogen and oxygen atoms in total. The summed E-state index contributed by atoms with van der Waals surface area (Å²) in [5.41, 5.74) is 2.74. The van der Waals surface area contributed by atoms with Gasteiger partial charge in [0.1, 0.15) is 5.82 Å². The number of anilines is 2. The van der Waals surface area contributed by atoms with Gasteiger partial charge in [-0.1, -0.05) is 29.8 Å². The van der Waals surface area contributed by atoms with Gasteiger partial charge in [-0.05, 0) is 36.2 Å². The van der Waals surface area contributed by atoms with Crippen molar-refractivity contribution in [3.8, 4) is 0 Å². The van der Waals surface area contributed by atoms with Crippen LogP contribution in [-0.4, -0.2) is 6.54 Å². The minimum Gasteiger partial charge on any atom is -0.338 e. The van der Waals surface area contributed by atoms with E-state index in [1.807, 2.05) is 29.2 Å². The summed E-state index contributed by atoms with van der Waals surface area (Å²) >= 11 is 6.14. The van der Waals surface area contributed by atoms with Crippen LogP contribution in [0, 0.1) is 5.82 Å². The first-order valence-electron chi connectivity index (χ1n) is 5.57. The third-order valence-corrected chi connectivity index (χ3v) is 3.47. The van der Waals surface area contributed by atoms with Gasteiger partial charge < -0.3 is 4.90 Å². The van der Waals surface area contributed by atoms with Crippen LogP contribution >= 0.6 is 11.6 Å². The Morgan fingerprint density at radius 1 is 1.00 bits per heavy atom. The summed E-state index contributed by atoms with van der Waals surface area (Å²) in [5, 5.41) is 0.765. The highest BCUT2D eigenvalue weighted by Gasteiger charge is 2.23. The van der Waals surface area contributed by atoms with Gasteiger partial charge in [0.05, 0.1) is 5.69 Å². The molecule has 1 heterocycles. The molecule has 0 aliphatic carbocycles. The topological polar surface area (TPSA) is 3.24 Å². The van der Waals surface area contributed by atoms with Crippen molar-refractivity contribution in [2.45, 2.75) is 6.42 Å². The van der Waals surface area contributed by atoms with E-state index in [-0.39, 0.29) is 5.82 Å². The lowest BCUT2D eigenvalue weighted by Gasteiger charge is -2.20.